The Morgan fingerprint density at radius 2 is 1.42 bits per heavy atom. The lowest BCUT2D eigenvalue weighted by atomic mass is 9.96. The van der Waals surface area contributed by atoms with Crippen molar-refractivity contribution in [3.05, 3.63) is 99.6 Å². The number of hydrogen-bond acceptors (Lipinski definition) is 11. The lowest BCUT2D eigenvalue weighted by molar-refractivity contribution is -0.742. The van der Waals surface area contributed by atoms with Crippen molar-refractivity contribution < 1.29 is 44.1 Å². The van der Waals surface area contributed by atoms with Crippen molar-refractivity contribution in [3.8, 4) is 0 Å². The average molecular weight is 896 g/mol. The lowest BCUT2D eigenvalue weighted by Gasteiger charge is -2.29. The van der Waals surface area contributed by atoms with Crippen molar-refractivity contribution in [2.75, 3.05) is 0 Å². The third-order valence-corrected chi connectivity index (χ3v) is 9.08. The second kappa shape index (κ2) is 26.6. The minimum absolute atomic E-state index is 0.000393. The van der Waals surface area contributed by atoms with Crippen LogP contribution in [-0.2, 0) is 49.8 Å². The first-order valence-corrected chi connectivity index (χ1v) is 20.8. The molecule has 0 unspecified atom stereocenters. The predicted molar refractivity (Wildman–Crippen MR) is 238 cm³/mol. The van der Waals surface area contributed by atoms with E-state index in [0.29, 0.717) is 25.1 Å². The van der Waals surface area contributed by atoms with Gasteiger partial charge in [0.25, 0.3) is 5.09 Å². The van der Waals surface area contributed by atoms with Crippen LogP contribution >= 0.6 is 0 Å². The quantitative estimate of drug-likeness (QED) is 0.0300. The molecule has 0 aliphatic rings. The summed E-state index contributed by atoms with van der Waals surface area (Å²) >= 11 is 0. The van der Waals surface area contributed by atoms with E-state index in [0.717, 1.165) is 16.7 Å². The standard InChI is InChI=1S/C43H64N10O7.HNO3/c1-26(2)16-32(36(54)21-37(55)50-33(17-27(3)4)38(56)47-22-29-14-11-15-30(18-29)23-48-41(44)45)51-40(58)35(20-31-24-46-25-49-31)52-39(57)34(19-28-12-9-8-10-13-28)53-42(59)60-43(5,6)7;2-1(3)4/h8-15,18,24-27,32-36,54H,16-17,19-23H2,1-7H3,(H,46,49)(H,47,56)(H,50,55)(H,51,58)(H,52,57)(H,53,59)(H4,44,45,48);(H,2,3,4)/t32-,33-,34-,35-,36-;/m0./s1. The number of H-pyrrole nitrogens is 1. The SMILES string of the molecule is CC(C)C[C@H](NC(=O)C[C@H](O)[C@H](CC(C)C)NC(=O)[C@H](Cc1cnc[nH]1)NC(=O)[C@H](Cc1ccccc1)NC(=O)OC(C)(C)C)C(=O)NCc1cccc(CN=C(N)N)c1.O=[N+]([O-])O. The number of aliphatic hydroxyl groups is 1. The van der Waals surface area contributed by atoms with Crippen LogP contribution in [0.4, 0.5) is 4.79 Å². The number of guanidine groups is 1. The molecule has 0 saturated heterocycles. The number of nitrogens with zero attached hydrogens (tertiary/aromatic N) is 3. The number of aromatic nitrogens is 2. The number of amides is 5. The van der Waals surface area contributed by atoms with Crippen molar-refractivity contribution in [3.63, 3.8) is 0 Å². The monoisotopic (exact) mass is 895 g/mol. The number of alkyl carbamates (subject to hydrolysis) is 1. The zero-order valence-corrected chi connectivity index (χ0v) is 37.5. The van der Waals surface area contributed by atoms with Crippen molar-refractivity contribution in [2.24, 2.45) is 28.3 Å². The van der Waals surface area contributed by atoms with Gasteiger partial charge in [-0.15, -0.1) is 10.1 Å². The Morgan fingerprint density at radius 1 is 0.828 bits per heavy atom. The lowest BCUT2D eigenvalue weighted by Crippen LogP contribution is -2.58. The van der Waals surface area contributed by atoms with E-state index in [9.17, 15) is 29.1 Å². The number of carbonyl (C=O) groups excluding carboxylic acids is 5. The number of imidazole rings is 1. The molecular weight excluding hydrogens is 831 g/mol. The molecule has 0 aliphatic carbocycles. The summed E-state index contributed by atoms with van der Waals surface area (Å²) < 4.78 is 5.43. The average Bonchev–Trinajstić information content (AvgIpc) is 3.70. The molecule has 3 aromatic rings. The molecule has 0 spiro atoms. The number of ether oxygens (including phenoxy) is 1. The number of carbonyl (C=O) groups is 5. The molecule has 0 radical (unpaired) electrons. The first-order chi connectivity index (χ1) is 30.0. The summed E-state index contributed by atoms with van der Waals surface area (Å²) in [5.74, 6) is -2.23. The topological polar surface area (TPSA) is 331 Å². The number of hydrogen-bond donors (Lipinski definition) is 10. The van der Waals surface area contributed by atoms with Crippen LogP contribution in [0.3, 0.4) is 0 Å². The maximum Gasteiger partial charge on any atom is 0.408 e. The van der Waals surface area contributed by atoms with Crippen molar-refractivity contribution in [2.45, 2.75) is 130 Å². The number of nitrogens with one attached hydrogen (secondary N) is 6. The Hall–Kier alpha value is -6.77. The van der Waals surface area contributed by atoms with E-state index >= 15 is 0 Å². The smallest absolute Gasteiger partial charge is 0.408 e. The molecule has 21 nitrogen and oxygen atoms in total. The van der Waals surface area contributed by atoms with Crippen LogP contribution in [-0.4, -0.2) is 96.9 Å². The van der Waals surface area contributed by atoms with Gasteiger partial charge in [-0.1, -0.05) is 82.3 Å². The van der Waals surface area contributed by atoms with Crippen LogP contribution in [0, 0.1) is 22.0 Å². The van der Waals surface area contributed by atoms with Gasteiger partial charge in [0.1, 0.15) is 23.7 Å². The number of aliphatic hydroxyl groups excluding tert-OH is 1. The third kappa shape index (κ3) is 22.4. The van der Waals surface area contributed by atoms with E-state index in [2.05, 4.69) is 41.5 Å². The number of aliphatic imine (C=N–C) groups is 1. The first kappa shape index (κ1) is 53.4. The zero-order valence-electron chi connectivity index (χ0n) is 37.5. The minimum Gasteiger partial charge on any atom is -0.444 e. The summed E-state index contributed by atoms with van der Waals surface area (Å²) in [6.45, 7) is 13.3. The Balaban J connectivity index is 0.00000337. The Morgan fingerprint density at radius 3 is 2.00 bits per heavy atom. The van der Waals surface area contributed by atoms with Gasteiger partial charge in [0.2, 0.25) is 23.6 Å². The normalized spacial score (nSPS) is 13.4. The summed E-state index contributed by atoms with van der Waals surface area (Å²) in [5, 5.41) is 39.1. The van der Waals surface area contributed by atoms with E-state index < -0.39 is 77.1 Å². The molecule has 5 atom stereocenters. The molecule has 21 heteroatoms. The van der Waals surface area contributed by atoms with Crippen LogP contribution in [0.2, 0.25) is 0 Å². The summed E-state index contributed by atoms with van der Waals surface area (Å²) in [6.07, 6.45) is 1.14. The molecule has 352 valence electrons. The fourth-order valence-electron chi connectivity index (χ4n) is 6.33. The van der Waals surface area contributed by atoms with E-state index in [1.807, 2.05) is 82.3 Å². The Kier molecular flexibility index (Phi) is 22.2. The molecule has 0 saturated carbocycles. The highest BCUT2D eigenvalue weighted by Crippen LogP contribution is 2.15. The molecule has 64 heavy (non-hydrogen) atoms. The van der Waals surface area contributed by atoms with Gasteiger partial charge in [-0.05, 0) is 62.1 Å². The summed E-state index contributed by atoms with van der Waals surface area (Å²) in [6, 6.07) is 12.4. The van der Waals surface area contributed by atoms with Gasteiger partial charge in [0, 0.05) is 31.3 Å². The molecule has 0 bridgehead atoms. The number of aromatic amines is 1. The fraction of sp³-hybridized carbons (Fsp3) is 0.512. The van der Waals surface area contributed by atoms with Crippen molar-refractivity contribution >= 4 is 35.7 Å². The van der Waals surface area contributed by atoms with Crippen LogP contribution in [0.5, 0.6) is 0 Å². The van der Waals surface area contributed by atoms with Crippen LogP contribution in [0.15, 0.2) is 72.1 Å². The Bertz CT molecular complexity index is 1960. The molecule has 0 fully saturated rings. The van der Waals surface area contributed by atoms with E-state index in [4.69, 9.17) is 31.5 Å². The third-order valence-electron chi connectivity index (χ3n) is 9.08. The maximum absolute atomic E-state index is 14.1. The molecule has 3 rings (SSSR count). The highest BCUT2D eigenvalue weighted by molar-refractivity contribution is 5.92. The van der Waals surface area contributed by atoms with Gasteiger partial charge in [-0.2, -0.15) is 0 Å². The van der Waals surface area contributed by atoms with Gasteiger partial charge >= 0.3 is 6.09 Å². The molecule has 12 N–H and O–H groups in total. The fourth-order valence-corrected chi connectivity index (χ4v) is 6.33. The summed E-state index contributed by atoms with van der Waals surface area (Å²) in [4.78, 5) is 87.1. The minimum atomic E-state index is -1.50. The van der Waals surface area contributed by atoms with E-state index in [-0.39, 0.29) is 37.2 Å². The second-order valence-corrected chi connectivity index (χ2v) is 17.0. The molecule has 5 amide bonds. The van der Waals surface area contributed by atoms with Gasteiger partial charge < -0.3 is 58.1 Å². The molecule has 1 aromatic heterocycles. The van der Waals surface area contributed by atoms with E-state index in [1.54, 1.807) is 20.8 Å². The van der Waals surface area contributed by atoms with Gasteiger partial charge in [0.15, 0.2) is 5.96 Å². The van der Waals surface area contributed by atoms with Crippen molar-refractivity contribution in [1.82, 2.24) is 36.6 Å². The van der Waals surface area contributed by atoms with Crippen LogP contribution in [0.1, 0.15) is 90.1 Å². The Labute approximate surface area is 373 Å². The summed E-state index contributed by atoms with van der Waals surface area (Å²) in [7, 11) is 0. The molecule has 1 heterocycles. The number of benzene rings is 2. The predicted octanol–water partition coefficient (Wildman–Crippen LogP) is 2.13. The summed E-state index contributed by atoms with van der Waals surface area (Å²) in [5.41, 5.74) is 13.1. The van der Waals surface area contributed by atoms with Gasteiger partial charge in [-0.25, -0.2) is 14.8 Å². The maximum atomic E-state index is 14.1. The van der Waals surface area contributed by atoms with Gasteiger partial charge in [0.05, 0.1) is 31.4 Å². The zero-order chi connectivity index (χ0) is 48.0. The highest BCUT2D eigenvalue weighted by atomic mass is 16.9. The largest absolute Gasteiger partial charge is 0.444 e. The molecule has 0 aliphatic heterocycles. The van der Waals surface area contributed by atoms with Crippen molar-refractivity contribution in [1.29, 1.82) is 0 Å². The molecular formula is C43H65N11O10. The first-order valence-electron chi connectivity index (χ1n) is 20.8. The highest BCUT2D eigenvalue weighted by Gasteiger charge is 2.33. The molecule has 2 aromatic carbocycles. The van der Waals surface area contributed by atoms with Gasteiger partial charge in [-0.3, -0.25) is 19.2 Å². The second-order valence-electron chi connectivity index (χ2n) is 17.0. The van der Waals surface area contributed by atoms with Crippen LogP contribution < -0.4 is 38.1 Å². The van der Waals surface area contributed by atoms with E-state index in [1.165, 1.54) is 12.5 Å². The van der Waals surface area contributed by atoms with Crippen LogP contribution in [0.25, 0.3) is 0 Å². The number of rotatable bonds is 22. The number of nitrogens with two attached hydrogens (primary N) is 2.